The van der Waals surface area contributed by atoms with Gasteiger partial charge in [-0.1, -0.05) is 45.9 Å². The second kappa shape index (κ2) is 8.30. The van der Waals surface area contributed by atoms with Crippen molar-refractivity contribution in [3.05, 3.63) is 59.2 Å². The second-order valence-electron chi connectivity index (χ2n) is 12.0. The van der Waals surface area contributed by atoms with Crippen LogP contribution in [0.3, 0.4) is 0 Å². The molecule has 0 aromatic heterocycles. The number of nitrogens with one attached hydrogen (secondary N) is 1. The van der Waals surface area contributed by atoms with Crippen LogP contribution in [0.2, 0.25) is 0 Å². The third kappa shape index (κ3) is 4.19. The largest absolute Gasteiger partial charge is 0.508 e. The molecule has 3 aliphatic rings. The van der Waals surface area contributed by atoms with Gasteiger partial charge in [-0.3, -0.25) is 4.90 Å². The number of likely N-dealkylation sites (N-methyl/N-ethyl adjacent to an activating group) is 1. The van der Waals surface area contributed by atoms with Gasteiger partial charge in [-0.15, -0.1) is 0 Å². The Morgan fingerprint density at radius 1 is 1.18 bits per heavy atom. The number of amides is 2. The minimum atomic E-state index is -0.195. The van der Waals surface area contributed by atoms with Crippen molar-refractivity contribution in [3.63, 3.8) is 0 Å². The number of rotatable bonds is 4. The molecule has 5 heteroatoms. The first-order valence-corrected chi connectivity index (χ1v) is 12.8. The van der Waals surface area contributed by atoms with E-state index in [9.17, 15) is 9.90 Å². The zero-order chi connectivity index (χ0) is 24.3. The molecule has 1 heterocycles. The minimum Gasteiger partial charge on any atom is -0.508 e. The van der Waals surface area contributed by atoms with E-state index in [1.165, 1.54) is 29.5 Å². The lowest BCUT2D eigenvalue weighted by Crippen LogP contribution is -2.68. The number of piperidine rings is 1. The first-order valence-electron chi connectivity index (χ1n) is 12.8. The molecule has 2 N–H and O–H groups in total. The topological polar surface area (TPSA) is 55.8 Å². The highest BCUT2D eigenvalue weighted by Crippen LogP contribution is 2.48. The number of carbonyl (C=O) groups is 1. The zero-order valence-corrected chi connectivity index (χ0v) is 21.3. The van der Waals surface area contributed by atoms with Gasteiger partial charge in [-0.25, -0.2) is 4.79 Å². The molecule has 0 radical (unpaired) electrons. The molecule has 2 aliphatic carbocycles. The predicted octanol–water partition coefficient (Wildman–Crippen LogP) is 5.52. The number of phenolic OH excluding ortho intramolecular Hbond substituents is 1. The van der Waals surface area contributed by atoms with Crippen LogP contribution in [0.1, 0.15) is 63.6 Å². The van der Waals surface area contributed by atoms with Crippen molar-refractivity contribution in [2.45, 2.75) is 76.3 Å². The normalized spacial score (nSPS) is 26.6. The average molecular weight is 462 g/mol. The van der Waals surface area contributed by atoms with Gasteiger partial charge in [-0.05, 0) is 84.5 Å². The Morgan fingerprint density at radius 2 is 1.88 bits per heavy atom. The fourth-order valence-corrected chi connectivity index (χ4v) is 6.28. The summed E-state index contributed by atoms with van der Waals surface area (Å²) in [7, 11) is 1.95. The Hall–Kier alpha value is -2.53. The summed E-state index contributed by atoms with van der Waals surface area (Å²) in [5, 5.41) is 13.4. The summed E-state index contributed by atoms with van der Waals surface area (Å²) < 4.78 is 0. The van der Waals surface area contributed by atoms with Gasteiger partial charge in [0.2, 0.25) is 0 Å². The van der Waals surface area contributed by atoms with Crippen LogP contribution in [0.25, 0.3) is 0 Å². The van der Waals surface area contributed by atoms with E-state index in [4.69, 9.17) is 0 Å². The molecule has 1 aliphatic heterocycles. The molecule has 2 amide bonds. The molecule has 182 valence electrons. The molecule has 2 fully saturated rings. The summed E-state index contributed by atoms with van der Waals surface area (Å²) in [5.41, 5.74) is 4.48. The number of aromatic hydroxyl groups is 1. The smallest absolute Gasteiger partial charge is 0.321 e. The lowest BCUT2D eigenvalue weighted by Gasteiger charge is -2.58. The van der Waals surface area contributed by atoms with E-state index >= 15 is 0 Å². The van der Waals surface area contributed by atoms with Crippen molar-refractivity contribution >= 4 is 11.7 Å². The first-order chi connectivity index (χ1) is 16.1. The van der Waals surface area contributed by atoms with Gasteiger partial charge in [0, 0.05) is 30.7 Å². The number of likely N-dealkylation sites (tertiary alicyclic amines) is 1. The number of hydrogen-bond donors (Lipinski definition) is 2. The molecule has 2 bridgehead atoms. The second-order valence-corrected chi connectivity index (χ2v) is 12.0. The standard InChI is InChI=1S/C29H39N3O2/c1-28(2,3)21-9-11-22(12-10-21)30-27(34)31(5)26-25-16-20-8-13-23(33)17-24(20)29(26,4)14-15-32(25)18-19-6-7-19/h8-13,17,19,25-26,33H,6-7,14-16,18H2,1-5H3,(H,30,34)/t25-,26-,29?/m1/s1. The summed E-state index contributed by atoms with van der Waals surface area (Å²) in [6, 6.07) is 14.3. The third-order valence-electron chi connectivity index (χ3n) is 8.47. The van der Waals surface area contributed by atoms with Crippen molar-refractivity contribution in [1.82, 2.24) is 9.80 Å². The van der Waals surface area contributed by atoms with E-state index in [2.05, 4.69) is 56.1 Å². The van der Waals surface area contributed by atoms with Crippen LogP contribution >= 0.6 is 0 Å². The molecule has 1 saturated heterocycles. The summed E-state index contributed by atoms with van der Waals surface area (Å²) in [5.74, 6) is 1.12. The maximum absolute atomic E-state index is 13.5. The van der Waals surface area contributed by atoms with Crippen LogP contribution in [0.15, 0.2) is 42.5 Å². The monoisotopic (exact) mass is 461 g/mol. The fourth-order valence-electron chi connectivity index (χ4n) is 6.28. The Balaban J connectivity index is 1.43. The number of fused-ring (bicyclic) bond motifs is 4. The molecule has 0 spiro atoms. The molecule has 2 aromatic rings. The zero-order valence-electron chi connectivity index (χ0n) is 21.3. The van der Waals surface area contributed by atoms with E-state index in [1.54, 1.807) is 6.07 Å². The number of phenols is 1. The van der Waals surface area contributed by atoms with Gasteiger partial charge in [0.05, 0.1) is 6.04 Å². The van der Waals surface area contributed by atoms with Crippen LogP contribution in [0.4, 0.5) is 10.5 Å². The van der Waals surface area contributed by atoms with Crippen molar-refractivity contribution < 1.29 is 9.90 Å². The molecule has 1 saturated carbocycles. The van der Waals surface area contributed by atoms with Gasteiger partial charge < -0.3 is 15.3 Å². The maximum atomic E-state index is 13.5. The van der Waals surface area contributed by atoms with Crippen molar-refractivity contribution in [1.29, 1.82) is 0 Å². The molecular formula is C29H39N3O2. The minimum absolute atomic E-state index is 0.0446. The number of benzene rings is 2. The summed E-state index contributed by atoms with van der Waals surface area (Å²) in [6.45, 7) is 11.1. The van der Waals surface area contributed by atoms with Crippen LogP contribution in [-0.2, 0) is 17.3 Å². The van der Waals surface area contributed by atoms with Crippen LogP contribution in [-0.4, -0.2) is 53.2 Å². The van der Waals surface area contributed by atoms with E-state index in [1.807, 2.05) is 30.1 Å². The molecular weight excluding hydrogens is 422 g/mol. The average Bonchev–Trinajstić information content (AvgIpc) is 3.60. The van der Waals surface area contributed by atoms with Crippen LogP contribution < -0.4 is 5.32 Å². The highest BCUT2D eigenvalue weighted by atomic mass is 16.3. The quantitative estimate of drug-likeness (QED) is 0.630. The summed E-state index contributed by atoms with van der Waals surface area (Å²) in [6.07, 6.45) is 4.56. The number of urea groups is 1. The Morgan fingerprint density at radius 3 is 2.53 bits per heavy atom. The van der Waals surface area contributed by atoms with Gasteiger partial charge >= 0.3 is 6.03 Å². The molecule has 2 aromatic carbocycles. The SMILES string of the molecule is CN(C(=O)Nc1ccc(C(C)(C)C)cc1)[C@@H]1[C@H]2Cc3ccc(O)cc3C1(C)CCN2CC1CC1. The highest BCUT2D eigenvalue weighted by Gasteiger charge is 2.53. The molecule has 3 atom stereocenters. The van der Waals surface area contributed by atoms with E-state index in [-0.39, 0.29) is 28.9 Å². The number of hydrogen-bond acceptors (Lipinski definition) is 3. The number of nitrogens with zero attached hydrogens (tertiary/aromatic N) is 2. The Kier molecular flexibility index (Phi) is 5.67. The number of carbonyl (C=O) groups excluding carboxylic acids is 1. The lowest BCUT2D eigenvalue weighted by molar-refractivity contribution is 0.00456. The molecule has 5 nitrogen and oxygen atoms in total. The first kappa shape index (κ1) is 23.2. The summed E-state index contributed by atoms with van der Waals surface area (Å²) in [4.78, 5) is 18.1. The predicted molar refractivity (Wildman–Crippen MR) is 138 cm³/mol. The van der Waals surface area contributed by atoms with Gasteiger partial charge in [0.1, 0.15) is 5.75 Å². The van der Waals surface area contributed by atoms with Crippen LogP contribution in [0.5, 0.6) is 5.75 Å². The highest BCUT2D eigenvalue weighted by molar-refractivity contribution is 5.89. The fraction of sp³-hybridized carbons (Fsp3) is 0.552. The molecule has 1 unspecified atom stereocenters. The van der Waals surface area contributed by atoms with Crippen molar-refractivity contribution in [3.8, 4) is 5.75 Å². The maximum Gasteiger partial charge on any atom is 0.321 e. The Bertz CT molecular complexity index is 1070. The van der Waals surface area contributed by atoms with Crippen molar-refractivity contribution in [2.24, 2.45) is 5.92 Å². The van der Waals surface area contributed by atoms with Gasteiger partial charge in [0.15, 0.2) is 0 Å². The molecule has 5 rings (SSSR count). The summed E-state index contributed by atoms with van der Waals surface area (Å²) >= 11 is 0. The van der Waals surface area contributed by atoms with Crippen molar-refractivity contribution in [2.75, 3.05) is 25.5 Å². The lowest BCUT2D eigenvalue weighted by atomic mass is 9.61. The van der Waals surface area contributed by atoms with E-state index in [0.717, 1.165) is 37.5 Å². The van der Waals surface area contributed by atoms with Crippen LogP contribution in [0, 0.1) is 5.92 Å². The van der Waals surface area contributed by atoms with E-state index < -0.39 is 0 Å². The van der Waals surface area contributed by atoms with Gasteiger partial charge in [0.25, 0.3) is 0 Å². The molecule has 34 heavy (non-hydrogen) atoms. The van der Waals surface area contributed by atoms with Gasteiger partial charge in [-0.2, -0.15) is 0 Å². The van der Waals surface area contributed by atoms with E-state index in [0.29, 0.717) is 5.75 Å². The third-order valence-corrected chi connectivity index (χ3v) is 8.47. The number of anilines is 1. The Labute approximate surface area is 204 Å².